The van der Waals surface area contributed by atoms with Crippen LogP contribution >= 0.6 is 0 Å². The van der Waals surface area contributed by atoms with Crippen molar-refractivity contribution in [2.24, 2.45) is 0 Å². The molecule has 12 heavy (non-hydrogen) atoms. The van der Waals surface area contributed by atoms with Gasteiger partial charge in [0.15, 0.2) is 0 Å². The summed E-state index contributed by atoms with van der Waals surface area (Å²) in [7, 11) is 0. The van der Waals surface area contributed by atoms with Crippen molar-refractivity contribution < 1.29 is 0 Å². The van der Waals surface area contributed by atoms with E-state index in [9.17, 15) is 0 Å². The van der Waals surface area contributed by atoms with Crippen LogP contribution in [0.15, 0.2) is 48.6 Å². The Bertz CT molecular complexity index is 180. The van der Waals surface area contributed by atoms with Gasteiger partial charge in [-0.05, 0) is 25.7 Å². The maximum Gasteiger partial charge on any atom is -0.0133 e. The highest BCUT2D eigenvalue weighted by atomic mass is 13.8. The Labute approximate surface area is 75.0 Å². The van der Waals surface area contributed by atoms with Crippen LogP contribution in [0.5, 0.6) is 0 Å². The molecule has 0 aromatic heterocycles. The van der Waals surface area contributed by atoms with Crippen LogP contribution in [0, 0.1) is 6.42 Å². The molecule has 1 aliphatic carbocycles. The summed E-state index contributed by atoms with van der Waals surface area (Å²) in [5.41, 5.74) is 0. The summed E-state index contributed by atoms with van der Waals surface area (Å²) in [5.74, 6) is 0. The highest BCUT2D eigenvalue weighted by Crippen LogP contribution is 1.97. The minimum Gasteiger partial charge on any atom is -0.0876 e. The third-order valence-corrected chi connectivity index (χ3v) is 1.64. The molecular formula is C12H15. The van der Waals surface area contributed by atoms with Crippen LogP contribution in [-0.4, -0.2) is 0 Å². The van der Waals surface area contributed by atoms with Crippen molar-refractivity contribution in [2.75, 3.05) is 0 Å². The molecule has 0 unspecified atom stereocenters. The van der Waals surface area contributed by atoms with E-state index in [1.54, 1.807) is 0 Å². The fraction of sp³-hybridized carbons (Fsp3) is 0.250. The van der Waals surface area contributed by atoms with E-state index in [-0.39, 0.29) is 0 Å². The summed E-state index contributed by atoms with van der Waals surface area (Å²) < 4.78 is 0. The number of allylic oxidation sites excluding steroid dienone is 8. The normalized spacial score (nSPS) is 29.3. The van der Waals surface area contributed by atoms with E-state index in [1.165, 1.54) is 0 Å². The molecule has 1 rings (SSSR count). The topological polar surface area (TPSA) is 0 Å². The number of rotatable bonds is 0. The molecule has 0 amide bonds. The monoisotopic (exact) mass is 159 g/mol. The second-order valence-corrected chi connectivity index (χ2v) is 2.70. The lowest BCUT2D eigenvalue weighted by molar-refractivity contribution is 1.23. The Hall–Kier alpha value is -1.04. The smallest absolute Gasteiger partial charge is 0.0133 e. The average Bonchev–Trinajstić information content (AvgIpc) is 2.05. The van der Waals surface area contributed by atoms with Crippen LogP contribution in [0.1, 0.15) is 19.3 Å². The van der Waals surface area contributed by atoms with Crippen LogP contribution in [0.2, 0.25) is 0 Å². The molecule has 0 bridgehead atoms. The van der Waals surface area contributed by atoms with Crippen molar-refractivity contribution in [3.05, 3.63) is 55.0 Å². The summed E-state index contributed by atoms with van der Waals surface area (Å²) in [5, 5.41) is 0. The Kier molecular flexibility index (Phi) is 5.02. The zero-order valence-corrected chi connectivity index (χ0v) is 7.32. The Morgan fingerprint density at radius 3 is 1.92 bits per heavy atom. The van der Waals surface area contributed by atoms with Crippen LogP contribution in [0.25, 0.3) is 0 Å². The van der Waals surface area contributed by atoms with Gasteiger partial charge in [0, 0.05) is 0 Å². The maximum atomic E-state index is 2.19. The highest BCUT2D eigenvalue weighted by Gasteiger charge is 1.78. The van der Waals surface area contributed by atoms with Crippen molar-refractivity contribution in [3.63, 3.8) is 0 Å². The van der Waals surface area contributed by atoms with E-state index in [4.69, 9.17) is 0 Å². The number of hydrogen-bond acceptors (Lipinski definition) is 0. The summed E-state index contributed by atoms with van der Waals surface area (Å²) in [4.78, 5) is 0. The van der Waals surface area contributed by atoms with Gasteiger partial charge in [-0.25, -0.2) is 0 Å². The third-order valence-electron chi connectivity index (χ3n) is 1.64. The van der Waals surface area contributed by atoms with Crippen molar-refractivity contribution >= 4 is 0 Å². The first kappa shape index (κ1) is 9.05. The lowest BCUT2D eigenvalue weighted by atomic mass is 10.2. The van der Waals surface area contributed by atoms with E-state index in [1.807, 2.05) is 0 Å². The molecule has 0 saturated heterocycles. The quantitative estimate of drug-likeness (QED) is 0.474. The van der Waals surface area contributed by atoms with Gasteiger partial charge in [-0.2, -0.15) is 0 Å². The van der Waals surface area contributed by atoms with Crippen LogP contribution in [-0.2, 0) is 0 Å². The molecule has 0 heteroatoms. The SMILES string of the molecule is [CH]1/C=C\C/C=C\C=C\C/C=C\C1. The second kappa shape index (κ2) is 6.66. The summed E-state index contributed by atoms with van der Waals surface area (Å²) in [6.45, 7) is 0. The number of hydrogen-bond donors (Lipinski definition) is 0. The van der Waals surface area contributed by atoms with Crippen LogP contribution in [0.3, 0.4) is 0 Å². The largest absolute Gasteiger partial charge is 0.0876 e. The van der Waals surface area contributed by atoms with Gasteiger partial charge in [-0.3, -0.25) is 0 Å². The summed E-state index contributed by atoms with van der Waals surface area (Å²) in [6, 6.07) is 0. The molecule has 0 saturated carbocycles. The molecule has 0 aromatic carbocycles. The van der Waals surface area contributed by atoms with Gasteiger partial charge in [0.2, 0.25) is 0 Å². The van der Waals surface area contributed by atoms with E-state index in [0.717, 1.165) is 19.3 Å². The minimum atomic E-state index is 1.03. The van der Waals surface area contributed by atoms with Crippen LogP contribution in [0.4, 0.5) is 0 Å². The molecule has 0 nitrogen and oxygen atoms in total. The standard InChI is InChI=1S/C12H15/c1-2-4-6-8-10-12-11-9-7-5-3-1/h1-4,7-11H,5-6,12H2/b3-1-,4-2+,9-7-,10-8-. The van der Waals surface area contributed by atoms with Gasteiger partial charge in [0.1, 0.15) is 0 Å². The molecule has 0 spiro atoms. The van der Waals surface area contributed by atoms with Gasteiger partial charge >= 0.3 is 0 Å². The van der Waals surface area contributed by atoms with Crippen LogP contribution < -0.4 is 0 Å². The predicted octanol–water partition coefficient (Wildman–Crippen LogP) is 3.60. The minimum absolute atomic E-state index is 1.03. The van der Waals surface area contributed by atoms with Crippen molar-refractivity contribution in [1.82, 2.24) is 0 Å². The Balaban J connectivity index is 2.41. The fourth-order valence-corrected chi connectivity index (χ4v) is 0.996. The van der Waals surface area contributed by atoms with E-state index in [0.29, 0.717) is 0 Å². The molecule has 0 heterocycles. The van der Waals surface area contributed by atoms with E-state index < -0.39 is 0 Å². The molecule has 63 valence electrons. The highest BCUT2D eigenvalue weighted by molar-refractivity contribution is 5.09. The van der Waals surface area contributed by atoms with E-state index >= 15 is 0 Å². The first-order valence-electron chi connectivity index (χ1n) is 4.45. The molecule has 1 aliphatic rings. The summed E-state index contributed by atoms with van der Waals surface area (Å²) >= 11 is 0. The molecular weight excluding hydrogens is 144 g/mol. The van der Waals surface area contributed by atoms with Gasteiger partial charge in [-0.15, -0.1) is 0 Å². The molecule has 0 fully saturated rings. The first-order chi connectivity index (χ1) is 6.00. The molecule has 0 atom stereocenters. The maximum absolute atomic E-state index is 2.19. The zero-order valence-electron chi connectivity index (χ0n) is 7.32. The molecule has 0 N–H and O–H groups in total. The van der Waals surface area contributed by atoms with Gasteiger partial charge < -0.3 is 0 Å². The Morgan fingerprint density at radius 2 is 1.08 bits per heavy atom. The second-order valence-electron chi connectivity index (χ2n) is 2.70. The predicted molar refractivity (Wildman–Crippen MR) is 54.7 cm³/mol. The van der Waals surface area contributed by atoms with Crippen molar-refractivity contribution in [2.45, 2.75) is 19.3 Å². The summed E-state index contributed by atoms with van der Waals surface area (Å²) in [6.07, 6.45) is 22.5. The van der Waals surface area contributed by atoms with Gasteiger partial charge in [-0.1, -0.05) is 48.6 Å². The molecule has 0 aromatic rings. The molecule has 0 aliphatic heterocycles. The van der Waals surface area contributed by atoms with Crippen molar-refractivity contribution in [3.8, 4) is 0 Å². The van der Waals surface area contributed by atoms with E-state index in [2.05, 4.69) is 55.0 Å². The van der Waals surface area contributed by atoms with Gasteiger partial charge in [0.05, 0.1) is 0 Å². The molecule has 1 radical (unpaired) electrons. The Morgan fingerprint density at radius 1 is 0.500 bits per heavy atom. The fourth-order valence-electron chi connectivity index (χ4n) is 0.996. The lowest BCUT2D eigenvalue weighted by Gasteiger charge is -1.88. The van der Waals surface area contributed by atoms with Crippen molar-refractivity contribution in [1.29, 1.82) is 0 Å². The first-order valence-corrected chi connectivity index (χ1v) is 4.45. The zero-order chi connectivity index (χ0) is 8.49. The third kappa shape index (κ3) is 4.73. The lowest BCUT2D eigenvalue weighted by Crippen LogP contribution is -1.68. The average molecular weight is 159 g/mol. The van der Waals surface area contributed by atoms with Gasteiger partial charge in [0.25, 0.3) is 0 Å².